The van der Waals surface area contributed by atoms with E-state index in [0.717, 1.165) is 22.8 Å². The summed E-state index contributed by atoms with van der Waals surface area (Å²) in [5, 5.41) is 2.83. The highest BCUT2D eigenvalue weighted by Crippen LogP contribution is 2.32. The quantitative estimate of drug-likeness (QED) is 0.731. The van der Waals surface area contributed by atoms with E-state index < -0.39 is 0 Å². The average molecular weight is 225 g/mol. The molecule has 0 atom stereocenters. The first-order chi connectivity index (χ1) is 8.24. The molecule has 4 nitrogen and oxygen atoms in total. The summed E-state index contributed by atoms with van der Waals surface area (Å²) in [7, 11) is 0. The molecule has 0 unspecified atom stereocenters. The number of H-pyrrole nitrogens is 1. The Balaban J connectivity index is 2.09. The second-order valence-electron chi connectivity index (χ2n) is 3.97. The Morgan fingerprint density at radius 3 is 2.88 bits per heavy atom. The lowest BCUT2D eigenvalue weighted by molar-refractivity contribution is -0.110. The van der Waals surface area contributed by atoms with E-state index in [1.165, 1.54) is 0 Å². The number of anilines is 1. The maximum atomic E-state index is 11.8. The van der Waals surface area contributed by atoms with Crippen molar-refractivity contribution in [1.29, 1.82) is 0 Å². The fourth-order valence-electron chi connectivity index (χ4n) is 1.94. The third-order valence-electron chi connectivity index (χ3n) is 2.73. The third-order valence-corrected chi connectivity index (χ3v) is 2.73. The maximum absolute atomic E-state index is 11.8. The van der Waals surface area contributed by atoms with Crippen LogP contribution in [0.4, 0.5) is 5.69 Å². The molecule has 0 saturated heterocycles. The Bertz CT molecular complexity index is 625. The van der Waals surface area contributed by atoms with Crippen molar-refractivity contribution in [2.24, 2.45) is 0 Å². The smallest absolute Gasteiger partial charge is 0.256 e. The SMILES string of the molecule is Cc1nc(/C=C2\C(=O)Nc3ccccc32)c[nH]1. The number of para-hydroxylation sites is 1. The second-order valence-corrected chi connectivity index (χ2v) is 3.97. The van der Waals surface area contributed by atoms with Crippen LogP contribution in [0.1, 0.15) is 17.1 Å². The van der Waals surface area contributed by atoms with Crippen molar-refractivity contribution in [3.8, 4) is 0 Å². The molecule has 1 aromatic heterocycles. The molecule has 1 amide bonds. The molecule has 84 valence electrons. The van der Waals surface area contributed by atoms with Gasteiger partial charge in [0, 0.05) is 17.4 Å². The zero-order valence-electron chi connectivity index (χ0n) is 9.32. The molecule has 1 aromatic carbocycles. The first-order valence-corrected chi connectivity index (χ1v) is 5.38. The molecule has 17 heavy (non-hydrogen) atoms. The lowest BCUT2D eigenvalue weighted by Gasteiger charge is -1.95. The highest BCUT2D eigenvalue weighted by atomic mass is 16.2. The molecule has 0 fully saturated rings. The van der Waals surface area contributed by atoms with E-state index in [1.807, 2.05) is 31.2 Å². The molecule has 1 aliphatic heterocycles. The number of benzene rings is 1. The molecular formula is C13H11N3O. The lowest BCUT2D eigenvalue weighted by Crippen LogP contribution is -2.03. The van der Waals surface area contributed by atoms with Crippen molar-refractivity contribution >= 4 is 23.2 Å². The average Bonchev–Trinajstić information content (AvgIpc) is 2.85. The molecule has 0 spiro atoms. The second kappa shape index (κ2) is 3.59. The minimum absolute atomic E-state index is 0.0770. The van der Waals surface area contributed by atoms with Crippen LogP contribution in [-0.4, -0.2) is 15.9 Å². The van der Waals surface area contributed by atoms with Gasteiger partial charge < -0.3 is 10.3 Å². The highest BCUT2D eigenvalue weighted by Gasteiger charge is 2.23. The van der Waals surface area contributed by atoms with E-state index >= 15 is 0 Å². The third kappa shape index (κ3) is 1.63. The number of aromatic amines is 1. The van der Waals surface area contributed by atoms with E-state index in [4.69, 9.17) is 0 Å². The Labute approximate surface area is 98.4 Å². The van der Waals surface area contributed by atoms with Crippen LogP contribution < -0.4 is 5.32 Å². The van der Waals surface area contributed by atoms with Gasteiger partial charge in [-0.3, -0.25) is 4.79 Å². The summed E-state index contributed by atoms with van der Waals surface area (Å²) in [6.07, 6.45) is 3.58. The van der Waals surface area contributed by atoms with Crippen LogP contribution in [-0.2, 0) is 4.79 Å². The predicted octanol–water partition coefficient (Wildman–Crippen LogP) is 2.21. The number of aryl methyl sites for hydroxylation is 1. The molecular weight excluding hydrogens is 214 g/mol. The maximum Gasteiger partial charge on any atom is 0.256 e. The summed E-state index contributed by atoms with van der Waals surface area (Å²) < 4.78 is 0. The van der Waals surface area contributed by atoms with Crippen molar-refractivity contribution in [1.82, 2.24) is 9.97 Å². The fourth-order valence-corrected chi connectivity index (χ4v) is 1.94. The van der Waals surface area contributed by atoms with Crippen LogP contribution in [0, 0.1) is 6.92 Å². The van der Waals surface area contributed by atoms with Gasteiger partial charge in [0.15, 0.2) is 0 Å². The van der Waals surface area contributed by atoms with Gasteiger partial charge in [-0.25, -0.2) is 4.98 Å². The van der Waals surface area contributed by atoms with Crippen LogP contribution in [0.2, 0.25) is 0 Å². The number of carbonyl (C=O) groups excluding carboxylic acids is 1. The molecule has 0 bridgehead atoms. The summed E-state index contributed by atoms with van der Waals surface area (Å²) in [5.41, 5.74) is 3.21. The Morgan fingerprint density at radius 1 is 1.29 bits per heavy atom. The molecule has 2 heterocycles. The molecule has 0 saturated carbocycles. The number of fused-ring (bicyclic) bond motifs is 1. The van der Waals surface area contributed by atoms with Gasteiger partial charge >= 0.3 is 0 Å². The monoisotopic (exact) mass is 225 g/mol. The highest BCUT2D eigenvalue weighted by molar-refractivity contribution is 6.34. The van der Waals surface area contributed by atoms with Gasteiger partial charge in [0.2, 0.25) is 0 Å². The van der Waals surface area contributed by atoms with Crippen LogP contribution in [0.5, 0.6) is 0 Å². The zero-order valence-corrected chi connectivity index (χ0v) is 9.32. The van der Waals surface area contributed by atoms with Crippen LogP contribution in [0.15, 0.2) is 30.5 Å². The van der Waals surface area contributed by atoms with Gasteiger partial charge in [-0.15, -0.1) is 0 Å². The number of aromatic nitrogens is 2. The molecule has 4 heteroatoms. The summed E-state index contributed by atoms with van der Waals surface area (Å²) in [6.45, 7) is 1.88. The number of nitrogens with zero attached hydrogens (tertiary/aromatic N) is 1. The van der Waals surface area contributed by atoms with Crippen LogP contribution in [0.25, 0.3) is 11.6 Å². The van der Waals surface area contributed by atoms with Crippen molar-refractivity contribution in [2.75, 3.05) is 5.32 Å². The van der Waals surface area contributed by atoms with Crippen LogP contribution in [0.3, 0.4) is 0 Å². The molecule has 3 rings (SSSR count). The van der Waals surface area contributed by atoms with Crippen molar-refractivity contribution < 1.29 is 4.79 Å². The summed E-state index contributed by atoms with van der Waals surface area (Å²) in [6, 6.07) is 7.64. The largest absolute Gasteiger partial charge is 0.348 e. The lowest BCUT2D eigenvalue weighted by atomic mass is 10.1. The first kappa shape index (κ1) is 9.84. The summed E-state index contributed by atoms with van der Waals surface area (Å²) >= 11 is 0. The van der Waals surface area contributed by atoms with Gasteiger partial charge in [-0.05, 0) is 19.1 Å². The van der Waals surface area contributed by atoms with Gasteiger partial charge in [0.25, 0.3) is 5.91 Å². The van der Waals surface area contributed by atoms with Gasteiger partial charge in [-0.1, -0.05) is 18.2 Å². The number of imidazole rings is 1. The van der Waals surface area contributed by atoms with E-state index in [0.29, 0.717) is 5.57 Å². The van der Waals surface area contributed by atoms with E-state index in [-0.39, 0.29) is 5.91 Å². The fraction of sp³-hybridized carbons (Fsp3) is 0.0769. The van der Waals surface area contributed by atoms with Gasteiger partial charge in [0.05, 0.1) is 11.3 Å². The summed E-state index contributed by atoms with van der Waals surface area (Å²) in [4.78, 5) is 19.1. The number of amides is 1. The standard InChI is InChI=1S/C13H11N3O/c1-8-14-7-9(15-8)6-11-10-4-2-3-5-12(10)16-13(11)17/h2-7H,1H3,(H,14,15)(H,16,17)/b11-6-. The molecule has 0 radical (unpaired) electrons. The predicted molar refractivity (Wildman–Crippen MR) is 66.3 cm³/mol. The van der Waals surface area contributed by atoms with E-state index in [1.54, 1.807) is 12.3 Å². The topological polar surface area (TPSA) is 57.8 Å². The minimum Gasteiger partial charge on any atom is -0.348 e. The minimum atomic E-state index is -0.0770. The number of hydrogen-bond donors (Lipinski definition) is 2. The molecule has 0 aliphatic carbocycles. The number of carbonyl (C=O) groups is 1. The molecule has 1 aliphatic rings. The Morgan fingerprint density at radius 2 is 2.12 bits per heavy atom. The van der Waals surface area contributed by atoms with Gasteiger partial charge in [0.1, 0.15) is 5.82 Å². The zero-order chi connectivity index (χ0) is 11.8. The van der Waals surface area contributed by atoms with Crippen molar-refractivity contribution in [3.05, 3.63) is 47.5 Å². The van der Waals surface area contributed by atoms with Gasteiger partial charge in [-0.2, -0.15) is 0 Å². The van der Waals surface area contributed by atoms with Crippen molar-refractivity contribution in [3.63, 3.8) is 0 Å². The number of hydrogen-bond acceptors (Lipinski definition) is 2. The Kier molecular flexibility index (Phi) is 2.08. The molecule has 2 N–H and O–H groups in total. The van der Waals surface area contributed by atoms with Crippen LogP contribution >= 0.6 is 0 Å². The summed E-state index contributed by atoms with van der Waals surface area (Å²) in [5.74, 6) is 0.760. The normalized spacial score (nSPS) is 16.1. The Hall–Kier alpha value is -2.36. The van der Waals surface area contributed by atoms with E-state index in [9.17, 15) is 4.79 Å². The molecule has 2 aromatic rings. The first-order valence-electron chi connectivity index (χ1n) is 5.38. The van der Waals surface area contributed by atoms with Crippen molar-refractivity contribution in [2.45, 2.75) is 6.92 Å². The number of nitrogens with one attached hydrogen (secondary N) is 2. The number of rotatable bonds is 1. The van der Waals surface area contributed by atoms with E-state index in [2.05, 4.69) is 15.3 Å².